The second kappa shape index (κ2) is 16.2. The van der Waals surface area contributed by atoms with Gasteiger partial charge in [0, 0.05) is 115 Å². The number of amides is 2. The topological polar surface area (TPSA) is 144 Å². The van der Waals surface area contributed by atoms with Crippen LogP contribution in [0.25, 0.3) is 11.1 Å². The van der Waals surface area contributed by atoms with Gasteiger partial charge < -0.3 is 27.9 Å². The number of aromatic nitrogens is 2. The van der Waals surface area contributed by atoms with Gasteiger partial charge in [0.1, 0.15) is 0 Å². The van der Waals surface area contributed by atoms with Crippen LogP contribution in [0.15, 0.2) is 36.4 Å². The zero-order valence-electron chi connectivity index (χ0n) is 32.0. The van der Waals surface area contributed by atoms with Crippen LogP contribution in [0.5, 0.6) is 0 Å². The van der Waals surface area contributed by atoms with Gasteiger partial charge >= 0.3 is 15.2 Å². The molecule has 0 N–H and O–H groups in total. The maximum Gasteiger partial charge on any atom is 0.331 e. The smallest absolute Gasteiger partial charge is 0.312 e. The summed E-state index contributed by atoms with van der Waals surface area (Å²) in [6.07, 6.45) is 3.49. The number of anilines is 2. The number of fused-ring (bicyclic) bond motifs is 4. The summed E-state index contributed by atoms with van der Waals surface area (Å²) >= 11 is 2.89. The predicted octanol–water partition coefficient (Wildman–Crippen LogP) is 6.36. The molecule has 2 aromatic heterocycles. The molecule has 56 heavy (non-hydrogen) atoms. The number of carbonyl (C=O) groups excluding carboxylic acids is 2. The minimum Gasteiger partial charge on any atom is -0.312 e. The fourth-order valence-electron chi connectivity index (χ4n) is 8.13. The van der Waals surface area contributed by atoms with Crippen LogP contribution >= 0.6 is 37.9 Å². The van der Waals surface area contributed by atoms with Crippen molar-refractivity contribution < 1.29 is 36.8 Å². The van der Waals surface area contributed by atoms with E-state index < -0.39 is 15.2 Å². The number of hydrogen-bond donors (Lipinski definition) is 0. The highest BCUT2D eigenvalue weighted by atomic mass is 32.1. The van der Waals surface area contributed by atoms with Gasteiger partial charge in [0.2, 0.25) is 0 Å². The molecule has 0 spiro atoms. The highest BCUT2D eigenvalue weighted by Crippen LogP contribution is 2.47. The largest absolute Gasteiger partial charge is 0.331 e. The van der Waals surface area contributed by atoms with E-state index >= 15 is 0 Å². The van der Waals surface area contributed by atoms with Crippen LogP contribution in [0.4, 0.5) is 11.4 Å². The summed E-state index contributed by atoms with van der Waals surface area (Å²) in [7, 11) is -0.569. The first-order chi connectivity index (χ1) is 27.1. The molecule has 0 saturated heterocycles. The van der Waals surface area contributed by atoms with Gasteiger partial charge in [-0.05, 0) is 47.2 Å². The Kier molecular flexibility index (Phi) is 11.5. The Morgan fingerprint density at radius 2 is 1.04 bits per heavy atom. The van der Waals surface area contributed by atoms with E-state index in [1.54, 1.807) is 0 Å². The van der Waals surface area contributed by atoms with Crippen molar-refractivity contribution in [2.75, 3.05) is 89.8 Å². The molecule has 2 aromatic carbocycles. The molecule has 6 heterocycles. The van der Waals surface area contributed by atoms with E-state index in [4.69, 9.17) is 28.1 Å². The first kappa shape index (κ1) is 39.7. The van der Waals surface area contributed by atoms with Crippen molar-refractivity contribution in [1.29, 1.82) is 0 Å². The summed E-state index contributed by atoms with van der Waals surface area (Å²) in [5, 5.41) is 0.979. The highest BCUT2D eigenvalue weighted by molar-refractivity contribution is 7.54. The Balaban J connectivity index is 0.966. The van der Waals surface area contributed by atoms with Gasteiger partial charge in [0.15, 0.2) is 10.0 Å². The van der Waals surface area contributed by atoms with Crippen LogP contribution in [0.2, 0.25) is 0 Å². The van der Waals surface area contributed by atoms with Gasteiger partial charge in [-0.2, -0.15) is 0 Å². The highest BCUT2D eigenvalue weighted by Gasteiger charge is 2.35. The molecule has 0 saturated carbocycles. The van der Waals surface area contributed by atoms with E-state index in [9.17, 15) is 18.7 Å². The minimum absolute atomic E-state index is 0.0932. The Morgan fingerprint density at radius 1 is 0.625 bits per heavy atom. The van der Waals surface area contributed by atoms with Crippen molar-refractivity contribution in [3.8, 4) is 11.1 Å². The Hall–Kier alpha value is -3.14. The number of rotatable bonds is 13. The quantitative estimate of drug-likeness (QED) is 0.138. The van der Waals surface area contributed by atoms with Crippen LogP contribution in [-0.2, 0) is 66.0 Å². The maximum absolute atomic E-state index is 14.0. The van der Waals surface area contributed by atoms with Crippen LogP contribution in [0, 0.1) is 0 Å². The summed E-state index contributed by atoms with van der Waals surface area (Å²) in [5.41, 5.74) is 8.12. The third-order valence-electron chi connectivity index (χ3n) is 11.3. The molecule has 0 atom stereocenters. The number of thiazole rings is 2. The Morgan fingerprint density at radius 3 is 1.43 bits per heavy atom. The van der Waals surface area contributed by atoms with E-state index in [0.29, 0.717) is 61.6 Å². The Bertz CT molecular complexity index is 2090. The molecular weight excluding hydrogens is 795 g/mol. The lowest BCUT2D eigenvalue weighted by atomic mass is 9.93. The number of carbonyl (C=O) groups is 2. The number of hydrogen-bond acceptors (Lipinski definition) is 14. The van der Waals surface area contributed by atoms with Crippen molar-refractivity contribution in [2.24, 2.45) is 0 Å². The molecule has 0 unspecified atom stereocenters. The summed E-state index contributed by atoms with van der Waals surface area (Å²) in [6, 6.07) is 12.3. The second-order valence-electron chi connectivity index (χ2n) is 14.2. The van der Waals surface area contributed by atoms with Crippen LogP contribution in [-0.4, -0.2) is 112 Å². The predicted molar refractivity (Wildman–Crippen MR) is 218 cm³/mol. The van der Waals surface area contributed by atoms with Gasteiger partial charge in [0.25, 0.3) is 11.8 Å². The summed E-state index contributed by atoms with van der Waals surface area (Å²) in [5.74, 6) is -0.186. The molecule has 18 heteroatoms. The Labute approximate surface area is 334 Å². The van der Waals surface area contributed by atoms with Crippen molar-refractivity contribution in [3.05, 3.63) is 78.7 Å². The van der Waals surface area contributed by atoms with Crippen molar-refractivity contribution in [1.82, 2.24) is 19.8 Å². The molecule has 4 aliphatic rings. The van der Waals surface area contributed by atoms with E-state index in [0.717, 1.165) is 93.5 Å². The van der Waals surface area contributed by atoms with E-state index in [1.807, 2.05) is 34.1 Å². The van der Waals surface area contributed by atoms with Gasteiger partial charge in [-0.3, -0.25) is 28.5 Å². The standard InChI is InChI=1S/C38H46N6O8P2S2/c1-49-53(47,50-2)21-19-41-15-13-29-33(23-41)55-35(39-29)37(45)43-17-11-27-25(7-5-9-31(27)43)26-8-6-10-32-28(26)12-18-44(32)38(46)36-40-30-14-16-42(24-34(30)56-36)20-22-54(48,51-3)52-4/h5-10H,11-24H2,1-4H3. The first-order valence-corrected chi connectivity index (χ1v) is 23.9. The minimum atomic E-state index is -3.10. The van der Waals surface area contributed by atoms with Crippen LogP contribution in [0.3, 0.4) is 0 Å². The zero-order valence-corrected chi connectivity index (χ0v) is 35.4. The lowest BCUT2D eigenvalue weighted by Crippen LogP contribution is -2.32. The maximum atomic E-state index is 14.0. The molecule has 4 aromatic rings. The average molecular weight is 841 g/mol. The van der Waals surface area contributed by atoms with E-state index in [2.05, 4.69) is 21.9 Å². The van der Waals surface area contributed by atoms with Crippen molar-refractivity contribution in [3.63, 3.8) is 0 Å². The fourth-order valence-corrected chi connectivity index (χ4v) is 12.4. The van der Waals surface area contributed by atoms with Crippen LogP contribution in [0.1, 0.15) is 51.9 Å². The first-order valence-electron chi connectivity index (χ1n) is 18.8. The van der Waals surface area contributed by atoms with Crippen molar-refractivity contribution in [2.45, 2.75) is 38.8 Å². The number of nitrogens with zero attached hydrogens (tertiary/aromatic N) is 6. The average Bonchev–Trinajstić information content (AvgIpc) is 4.05. The molecule has 0 fully saturated rings. The summed E-state index contributed by atoms with van der Waals surface area (Å²) in [4.78, 5) is 47.9. The van der Waals surface area contributed by atoms with Crippen LogP contribution < -0.4 is 9.80 Å². The van der Waals surface area contributed by atoms with Crippen molar-refractivity contribution >= 4 is 61.1 Å². The zero-order chi connectivity index (χ0) is 39.2. The molecule has 2 amide bonds. The van der Waals surface area contributed by atoms with Gasteiger partial charge in [-0.15, -0.1) is 22.7 Å². The van der Waals surface area contributed by atoms with Gasteiger partial charge in [-0.25, -0.2) is 9.97 Å². The number of benzene rings is 2. The van der Waals surface area contributed by atoms with Gasteiger partial charge in [0.05, 0.1) is 23.7 Å². The SMILES string of the molecule is COP(=O)(CCN1CCc2nc(C(=O)N3CCc4c(-c5cccc6c5CCN6C(=O)c5nc6c(s5)CN(CCP(=O)(OC)OC)CC6)cccc43)sc2C1)OC. The second-order valence-corrected chi connectivity index (χ2v) is 21.2. The lowest BCUT2D eigenvalue weighted by molar-refractivity contribution is 0.0981. The molecule has 14 nitrogen and oxygen atoms in total. The fraction of sp³-hybridized carbons (Fsp3) is 0.474. The monoisotopic (exact) mass is 840 g/mol. The third kappa shape index (κ3) is 7.61. The van der Waals surface area contributed by atoms with E-state index in [-0.39, 0.29) is 11.8 Å². The van der Waals surface area contributed by atoms with E-state index in [1.165, 1.54) is 51.1 Å². The molecule has 4 aliphatic heterocycles. The summed E-state index contributed by atoms with van der Waals surface area (Å²) < 4.78 is 45.6. The molecular formula is C38H46N6O8P2S2. The molecule has 0 aliphatic carbocycles. The normalized spacial score (nSPS) is 17.2. The third-order valence-corrected chi connectivity index (χ3v) is 17.2. The molecule has 8 rings (SSSR count). The lowest BCUT2D eigenvalue weighted by Gasteiger charge is -2.26. The summed E-state index contributed by atoms with van der Waals surface area (Å²) in [6.45, 7) is 5.09. The molecule has 0 bridgehead atoms. The molecule has 298 valence electrons. The molecule has 0 radical (unpaired) electrons. The van der Waals surface area contributed by atoms with Gasteiger partial charge in [-0.1, -0.05) is 24.3 Å².